The Morgan fingerprint density at radius 2 is 1.83 bits per heavy atom. The van der Waals surface area contributed by atoms with E-state index in [-0.39, 0.29) is 10.6 Å². The van der Waals surface area contributed by atoms with Crippen LogP contribution >= 0.6 is 0 Å². The smallest absolute Gasteiger partial charge is 0.248 e. The Morgan fingerprint density at radius 1 is 1.10 bits per heavy atom. The van der Waals surface area contributed by atoms with Gasteiger partial charge in [0.1, 0.15) is 10.6 Å². The molecule has 0 aromatic heterocycles. The molecule has 1 fully saturated rings. The number of methoxy groups -OCH3 is 1. The number of nitrogens with zero attached hydrogens (tertiary/aromatic N) is 1. The molecule has 0 aliphatic carbocycles. The summed E-state index contributed by atoms with van der Waals surface area (Å²) in [5, 5.41) is 2.71. The summed E-state index contributed by atoms with van der Waals surface area (Å²) in [7, 11) is -2.07. The van der Waals surface area contributed by atoms with Gasteiger partial charge in [0, 0.05) is 24.7 Å². The van der Waals surface area contributed by atoms with Crippen molar-refractivity contribution in [1.82, 2.24) is 4.31 Å². The minimum absolute atomic E-state index is 0.122. The van der Waals surface area contributed by atoms with Crippen LogP contribution in [-0.2, 0) is 14.8 Å². The Kier molecular flexibility index (Phi) is 6.71. The van der Waals surface area contributed by atoms with Crippen molar-refractivity contribution in [2.45, 2.75) is 31.1 Å². The van der Waals surface area contributed by atoms with Crippen LogP contribution in [-0.4, -0.2) is 38.8 Å². The Bertz CT molecular complexity index is 1010. The molecule has 1 heterocycles. The number of hydrogen-bond acceptors (Lipinski definition) is 4. The molecule has 0 saturated carbocycles. The first-order chi connectivity index (χ1) is 13.9. The van der Waals surface area contributed by atoms with Crippen molar-refractivity contribution < 1.29 is 17.9 Å². The fraction of sp³-hybridized carbons (Fsp3) is 0.318. The van der Waals surface area contributed by atoms with Crippen LogP contribution in [0.15, 0.2) is 53.4 Å². The number of amides is 1. The minimum atomic E-state index is -3.65. The standard InChI is InChI=1S/C22H26N2O4S/c1-17-10-12-20(28-2)18(16-17)11-13-22(25)23-19-8-4-5-9-21(19)29(26,27)24-14-6-3-7-15-24/h4-5,8-13,16H,3,6-7,14-15H2,1-2H3,(H,23,25). The molecule has 154 valence electrons. The first kappa shape index (κ1) is 21.1. The molecule has 0 bridgehead atoms. The maximum absolute atomic E-state index is 13.0. The normalized spacial score (nSPS) is 15.4. The Hall–Kier alpha value is -2.64. The number of piperidine rings is 1. The molecular weight excluding hydrogens is 388 g/mol. The largest absolute Gasteiger partial charge is 0.496 e. The number of nitrogens with one attached hydrogen (secondary N) is 1. The minimum Gasteiger partial charge on any atom is -0.496 e. The first-order valence-electron chi connectivity index (χ1n) is 9.65. The number of anilines is 1. The van der Waals surface area contributed by atoms with Gasteiger partial charge in [-0.3, -0.25) is 4.79 Å². The van der Waals surface area contributed by atoms with Crippen LogP contribution in [0.5, 0.6) is 5.75 Å². The van der Waals surface area contributed by atoms with Crippen molar-refractivity contribution >= 4 is 27.7 Å². The third-order valence-electron chi connectivity index (χ3n) is 4.88. The van der Waals surface area contributed by atoms with E-state index in [1.54, 1.807) is 31.4 Å². The molecule has 3 rings (SSSR count). The first-order valence-corrected chi connectivity index (χ1v) is 11.1. The highest BCUT2D eigenvalue weighted by molar-refractivity contribution is 7.89. The van der Waals surface area contributed by atoms with Gasteiger partial charge in [0.2, 0.25) is 15.9 Å². The predicted molar refractivity (Wildman–Crippen MR) is 114 cm³/mol. The third-order valence-corrected chi connectivity index (χ3v) is 6.83. The van der Waals surface area contributed by atoms with Crippen LogP contribution in [0.1, 0.15) is 30.4 Å². The zero-order chi connectivity index (χ0) is 20.9. The summed E-state index contributed by atoms with van der Waals surface area (Å²) >= 11 is 0. The van der Waals surface area contributed by atoms with E-state index >= 15 is 0 Å². The van der Waals surface area contributed by atoms with Gasteiger partial charge in [-0.05, 0) is 50.1 Å². The van der Waals surface area contributed by atoms with Crippen LogP contribution in [0.25, 0.3) is 6.08 Å². The van der Waals surface area contributed by atoms with Gasteiger partial charge in [0.05, 0.1) is 12.8 Å². The number of benzene rings is 2. The average Bonchev–Trinajstić information content (AvgIpc) is 2.73. The van der Waals surface area contributed by atoms with Gasteiger partial charge in [0.25, 0.3) is 0 Å². The third kappa shape index (κ3) is 5.05. The number of para-hydroxylation sites is 1. The SMILES string of the molecule is COc1ccc(C)cc1C=CC(=O)Nc1ccccc1S(=O)(=O)N1CCCCC1. The Balaban J connectivity index is 1.81. The van der Waals surface area contributed by atoms with E-state index < -0.39 is 15.9 Å². The van der Waals surface area contributed by atoms with Crippen LogP contribution < -0.4 is 10.1 Å². The molecular formula is C22H26N2O4S. The lowest BCUT2D eigenvalue weighted by Crippen LogP contribution is -2.36. The summed E-state index contributed by atoms with van der Waals surface area (Å²) in [6, 6.07) is 12.2. The van der Waals surface area contributed by atoms with E-state index in [4.69, 9.17) is 4.74 Å². The van der Waals surface area contributed by atoms with E-state index in [9.17, 15) is 13.2 Å². The zero-order valence-electron chi connectivity index (χ0n) is 16.7. The molecule has 2 aromatic rings. The summed E-state index contributed by atoms with van der Waals surface area (Å²) in [6.07, 6.45) is 5.78. The number of carbonyl (C=O) groups excluding carboxylic acids is 1. The summed E-state index contributed by atoms with van der Waals surface area (Å²) < 4.78 is 32.9. The van der Waals surface area contributed by atoms with Gasteiger partial charge in [-0.25, -0.2) is 8.42 Å². The van der Waals surface area contributed by atoms with Gasteiger partial charge in [-0.15, -0.1) is 0 Å². The van der Waals surface area contributed by atoms with E-state index in [0.717, 1.165) is 30.4 Å². The van der Waals surface area contributed by atoms with Crippen molar-refractivity contribution in [3.8, 4) is 5.75 Å². The fourth-order valence-corrected chi connectivity index (χ4v) is 5.03. The molecule has 0 atom stereocenters. The van der Waals surface area contributed by atoms with Crippen LogP contribution in [0.4, 0.5) is 5.69 Å². The molecule has 7 heteroatoms. The van der Waals surface area contributed by atoms with Gasteiger partial charge >= 0.3 is 0 Å². The number of rotatable bonds is 6. The molecule has 0 unspecified atom stereocenters. The summed E-state index contributed by atoms with van der Waals surface area (Å²) in [4.78, 5) is 12.6. The molecule has 1 N–H and O–H groups in total. The van der Waals surface area contributed by atoms with Crippen LogP contribution in [0, 0.1) is 6.92 Å². The lowest BCUT2D eigenvalue weighted by atomic mass is 10.1. The predicted octanol–water partition coefficient (Wildman–Crippen LogP) is 3.83. The lowest BCUT2D eigenvalue weighted by Gasteiger charge is -2.26. The van der Waals surface area contributed by atoms with Crippen molar-refractivity contribution in [2.24, 2.45) is 0 Å². The number of sulfonamides is 1. The molecule has 1 aliphatic heterocycles. The lowest BCUT2D eigenvalue weighted by molar-refractivity contribution is -0.111. The second kappa shape index (κ2) is 9.24. The van der Waals surface area contributed by atoms with E-state index in [1.165, 1.54) is 16.4 Å². The molecule has 1 aliphatic rings. The monoisotopic (exact) mass is 414 g/mol. The van der Waals surface area contributed by atoms with E-state index in [2.05, 4.69) is 5.32 Å². The molecule has 2 aromatic carbocycles. The van der Waals surface area contributed by atoms with Crippen molar-refractivity contribution in [3.05, 3.63) is 59.7 Å². The molecule has 0 spiro atoms. The molecule has 1 amide bonds. The summed E-state index contributed by atoms with van der Waals surface area (Å²) in [5.74, 6) is 0.252. The highest BCUT2D eigenvalue weighted by atomic mass is 32.2. The average molecular weight is 415 g/mol. The van der Waals surface area contributed by atoms with Crippen LogP contribution in [0.3, 0.4) is 0 Å². The number of hydrogen-bond donors (Lipinski definition) is 1. The van der Waals surface area contributed by atoms with Crippen molar-refractivity contribution in [1.29, 1.82) is 0 Å². The second-order valence-corrected chi connectivity index (χ2v) is 8.94. The highest BCUT2D eigenvalue weighted by Gasteiger charge is 2.28. The summed E-state index contributed by atoms with van der Waals surface area (Å²) in [5.41, 5.74) is 2.10. The van der Waals surface area contributed by atoms with E-state index in [0.29, 0.717) is 18.8 Å². The number of carbonyl (C=O) groups is 1. The quantitative estimate of drug-likeness (QED) is 0.729. The maximum atomic E-state index is 13.0. The number of ether oxygens (including phenoxy) is 1. The molecule has 6 nitrogen and oxygen atoms in total. The zero-order valence-corrected chi connectivity index (χ0v) is 17.5. The maximum Gasteiger partial charge on any atom is 0.248 e. The van der Waals surface area contributed by atoms with Gasteiger partial charge in [0.15, 0.2) is 0 Å². The van der Waals surface area contributed by atoms with Crippen LogP contribution in [0.2, 0.25) is 0 Å². The topological polar surface area (TPSA) is 75.7 Å². The number of aryl methyl sites for hydroxylation is 1. The second-order valence-electron chi connectivity index (χ2n) is 7.03. The molecule has 1 saturated heterocycles. The van der Waals surface area contributed by atoms with Gasteiger partial charge in [-0.1, -0.05) is 30.2 Å². The molecule has 29 heavy (non-hydrogen) atoms. The van der Waals surface area contributed by atoms with Crippen molar-refractivity contribution in [2.75, 3.05) is 25.5 Å². The highest BCUT2D eigenvalue weighted by Crippen LogP contribution is 2.27. The Morgan fingerprint density at radius 3 is 2.55 bits per heavy atom. The fourth-order valence-electron chi connectivity index (χ4n) is 3.36. The molecule has 0 radical (unpaired) electrons. The van der Waals surface area contributed by atoms with Gasteiger partial charge < -0.3 is 10.1 Å². The summed E-state index contributed by atoms with van der Waals surface area (Å²) in [6.45, 7) is 2.98. The Labute approximate surface area is 172 Å². The van der Waals surface area contributed by atoms with Crippen molar-refractivity contribution in [3.63, 3.8) is 0 Å². The van der Waals surface area contributed by atoms with E-state index in [1.807, 2.05) is 25.1 Å². The van der Waals surface area contributed by atoms with Gasteiger partial charge in [-0.2, -0.15) is 4.31 Å².